The zero-order chi connectivity index (χ0) is 32.7. The average Bonchev–Trinajstić information content (AvgIpc) is 4.02. The quantitative estimate of drug-likeness (QED) is 0.0597. The zero-order valence-corrected chi connectivity index (χ0v) is 26.7. The highest BCUT2D eigenvalue weighted by Crippen LogP contribution is 2.50. The van der Waals surface area contributed by atoms with Gasteiger partial charge in [-0.1, -0.05) is 30.0 Å². The molecule has 2 aliphatic carbocycles. The Morgan fingerprint density at radius 1 is 1.07 bits per heavy atom. The van der Waals surface area contributed by atoms with E-state index in [0.717, 1.165) is 59.4 Å². The highest BCUT2D eigenvalue weighted by Gasteiger charge is 2.46. The van der Waals surface area contributed by atoms with Gasteiger partial charge in [0.1, 0.15) is 24.1 Å². The molecule has 0 bridgehead atoms. The molecule has 2 aromatic heterocycles. The van der Waals surface area contributed by atoms with E-state index in [4.69, 9.17) is 14.8 Å². The number of carbonyl (C=O) groups is 1. The minimum Gasteiger partial charge on any atom is -0.490 e. The summed E-state index contributed by atoms with van der Waals surface area (Å²) >= 11 is 1.45. The van der Waals surface area contributed by atoms with Gasteiger partial charge in [0.25, 0.3) is 0 Å². The van der Waals surface area contributed by atoms with E-state index in [-0.39, 0.29) is 24.4 Å². The third-order valence-corrected chi connectivity index (χ3v) is 9.29. The topological polar surface area (TPSA) is 190 Å². The lowest BCUT2D eigenvalue weighted by Crippen LogP contribution is -2.49. The number of pyridine rings is 1. The van der Waals surface area contributed by atoms with E-state index < -0.39 is 31.0 Å². The molecule has 0 spiro atoms. The number of nitrogens with one attached hydrogen (secondary N) is 2. The molecule has 13 heteroatoms. The van der Waals surface area contributed by atoms with Crippen LogP contribution in [0.4, 0.5) is 0 Å². The van der Waals surface area contributed by atoms with Gasteiger partial charge in [0.15, 0.2) is 5.16 Å². The van der Waals surface area contributed by atoms with Crippen LogP contribution >= 0.6 is 11.8 Å². The summed E-state index contributed by atoms with van der Waals surface area (Å²) in [7, 11) is 0. The Morgan fingerprint density at radius 2 is 1.83 bits per heavy atom. The highest BCUT2D eigenvalue weighted by molar-refractivity contribution is 7.99. The number of benzene rings is 1. The Hall–Kier alpha value is -3.17. The fourth-order valence-corrected chi connectivity index (χ4v) is 5.96. The van der Waals surface area contributed by atoms with Crippen molar-refractivity contribution in [3.63, 3.8) is 0 Å². The number of amides is 1. The number of ether oxygens (including phenoxy) is 1. The van der Waals surface area contributed by atoms with Crippen molar-refractivity contribution in [3.8, 4) is 16.9 Å². The van der Waals surface area contributed by atoms with E-state index in [1.807, 2.05) is 43.7 Å². The molecule has 7 N–H and O–H groups in total. The Kier molecular flexibility index (Phi) is 11.6. The van der Waals surface area contributed by atoms with Gasteiger partial charge in [-0.3, -0.25) is 9.78 Å². The van der Waals surface area contributed by atoms with E-state index in [2.05, 4.69) is 32.7 Å². The van der Waals surface area contributed by atoms with Crippen molar-refractivity contribution in [2.45, 2.75) is 93.2 Å². The van der Waals surface area contributed by atoms with Crippen molar-refractivity contribution in [3.05, 3.63) is 65.7 Å². The van der Waals surface area contributed by atoms with Crippen molar-refractivity contribution in [1.29, 1.82) is 0 Å². The lowest BCUT2D eigenvalue weighted by atomic mass is 9.94. The first kappa shape index (κ1) is 34.2. The van der Waals surface area contributed by atoms with E-state index in [9.17, 15) is 25.2 Å². The molecule has 1 aromatic carbocycles. The van der Waals surface area contributed by atoms with Crippen LogP contribution in [0.25, 0.3) is 11.1 Å². The lowest BCUT2D eigenvalue weighted by Gasteiger charge is -2.25. The second-order valence-corrected chi connectivity index (χ2v) is 13.1. The Bertz CT molecular complexity index is 1470. The fourth-order valence-electron chi connectivity index (χ4n) is 5.18. The Labute approximate surface area is 272 Å². The van der Waals surface area contributed by atoms with Crippen molar-refractivity contribution in [2.24, 2.45) is 0 Å². The molecule has 0 saturated heterocycles. The second-order valence-electron chi connectivity index (χ2n) is 12.0. The van der Waals surface area contributed by atoms with Gasteiger partial charge in [0.2, 0.25) is 5.91 Å². The van der Waals surface area contributed by atoms with Crippen molar-refractivity contribution >= 4 is 17.7 Å². The Balaban J connectivity index is 1.12. The molecule has 2 aliphatic rings. The monoisotopic (exact) mass is 653 g/mol. The van der Waals surface area contributed by atoms with Crippen LogP contribution in [0.5, 0.6) is 5.75 Å². The summed E-state index contributed by atoms with van der Waals surface area (Å²) in [6, 6.07) is 10.3. The average molecular weight is 654 g/mol. The van der Waals surface area contributed by atoms with Gasteiger partial charge in [-0.15, -0.1) is 0 Å². The smallest absolute Gasteiger partial charge is 0.220 e. The predicted octanol–water partition coefficient (Wildman–Crippen LogP) is 1.59. The summed E-state index contributed by atoms with van der Waals surface area (Å²) in [5, 5.41) is 54.7. The summed E-state index contributed by atoms with van der Waals surface area (Å²) in [5.41, 5.74) is 5.05. The first-order valence-electron chi connectivity index (χ1n) is 15.7. The van der Waals surface area contributed by atoms with Crippen LogP contribution in [0.1, 0.15) is 55.3 Å². The van der Waals surface area contributed by atoms with E-state index in [0.29, 0.717) is 30.0 Å². The number of nitrogens with zero attached hydrogens (tertiary/aromatic N) is 3. The summed E-state index contributed by atoms with van der Waals surface area (Å²) in [4.78, 5) is 25.9. The van der Waals surface area contributed by atoms with Crippen LogP contribution in [-0.2, 0) is 16.9 Å². The maximum atomic E-state index is 12.2. The SMILES string of the molecule is Cc1cnc(SCCCC(=O)NC[C@H](O)[C@@H](O)[C@H](O)[C@H](O)CO)nc1CNC1(c2cnccc2-c2ccccc2OC2CC2)CC1. The maximum Gasteiger partial charge on any atom is 0.220 e. The van der Waals surface area contributed by atoms with Crippen molar-refractivity contribution in [1.82, 2.24) is 25.6 Å². The molecular weight excluding hydrogens is 610 g/mol. The summed E-state index contributed by atoms with van der Waals surface area (Å²) < 4.78 is 6.23. The molecule has 4 atom stereocenters. The minimum atomic E-state index is -1.74. The summed E-state index contributed by atoms with van der Waals surface area (Å²) in [6.45, 7) is 1.49. The molecular formula is C33H43N5O7S. The predicted molar refractivity (Wildman–Crippen MR) is 172 cm³/mol. The van der Waals surface area contributed by atoms with E-state index in [1.54, 1.807) is 0 Å². The van der Waals surface area contributed by atoms with E-state index >= 15 is 0 Å². The van der Waals surface area contributed by atoms with Gasteiger partial charge in [0, 0.05) is 55.0 Å². The molecule has 0 radical (unpaired) electrons. The standard InChI is InChI=1S/C33H43N5O7S/c1-20-15-36-32(46-14-4-7-29(42)35-18-26(40)30(43)31(44)27(41)19-39)38-25(20)17-37-33(11-12-33)24-16-34-13-10-22(24)23-5-2-3-6-28(23)45-21-8-9-21/h2-3,5-6,10,13,15-16,21,26-27,30-31,37,39-41,43-44H,4,7-9,11-12,14,17-19H2,1H3,(H,35,42)/t26-,27+,30+,31+/m0/s1. The molecule has 46 heavy (non-hydrogen) atoms. The number of rotatable bonds is 18. The number of aryl methyl sites for hydroxylation is 1. The minimum absolute atomic E-state index is 0.183. The molecule has 248 valence electrons. The highest BCUT2D eigenvalue weighted by atomic mass is 32.2. The first-order chi connectivity index (χ1) is 22.2. The van der Waals surface area contributed by atoms with Crippen LogP contribution in [0, 0.1) is 6.92 Å². The van der Waals surface area contributed by atoms with Crippen molar-refractivity contribution < 1.29 is 35.1 Å². The van der Waals surface area contributed by atoms with Crippen LogP contribution in [0.3, 0.4) is 0 Å². The summed E-state index contributed by atoms with van der Waals surface area (Å²) in [6.07, 6.45) is 4.25. The first-order valence-corrected chi connectivity index (χ1v) is 16.7. The van der Waals surface area contributed by atoms with Gasteiger partial charge < -0.3 is 40.9 Å². The molecule has 2 heterocycles. The molecule has 1 amide bonds. The van der Waals surface area contributed by atoms with Crippen LogP contribution in [0.15, 0.2) is 54.1 Å². The third-order valence-electron chi connectivity index (χ3n) is 8.34. The van der Waals surface area contributed by atoms with Gasteiger partial charge in [-0.25, -0.2) is 9.97 Å². The fraction of sp³-hybridized carbons (Fsp3) is 0.515. The number of thioether (sulfide) groups is 1. The molecule has 2 saturated carbocycles. The number of aliphatic hydroxyl groups excluding tert-OH is 5. The van der Waals surface area contributed by atoms with Gasteiger partial charge in [-0.2, -0.15) is 0 Å². The normalized spacial score (nSPS) is 18.0. The third kappa shape index (κ3) is 8.79. The van der Waals surface area contributed by atoms with Crippen molar-refractivity contribution in [2.75, 3.05) is 18.9 Å². The van der Waals surface area contributed by atoms with Gasteiger partial charge >= 0.3 is 0 Å². The molecule has 2 fully saturated rings. The lowest BCUT2D eigenvalue weighted by molar-refractivity contribution is -0.126. The molecule has 0 aliphatic heterocycles. The Morgan fingerprint density at radius 3 is 2.57 bits per heavy atom. The number of para-hydroxylation sites is 1. The van der Waals surface area contributed by atoms with Crippen LogP contribution in [0.2, 0.25) is 0 Å². The molecule has 12 nitrogen and oxygen atoms in total. The zero-order valence-electron chi connectivity index (χ0n) is 25.9. The molecule has 3 aromatic rings. The number of hydrogen-bond donors (Lipinski definition) is 7. The van der Waals surface area contributed by atoms with Crippen LogP contribution in [-0.4, -0.2) is 95.8 Å². The molecule has 5 rings (SSSR count). The number of carbonyl (C=O) groups excluding carboxylic acids is 1. The number of aromatic nitrogens is 3. The van der Waals surface area contributed by atoms with Gasteiger partial charge in [-0.05, 0) is 67.9 Å². The summed E-state index contributed by atoms with van der Waals surface area (Å²) in [5.74, 6) is 1.18. The largest absolute Gasteiger partial charge is 0.490 e. The van der Waals surface area contributed by atoms with E-state index in [1.165, 1.54) is 11.8 Å². The number of hydrogen-bond acceptors (Lipinski definition) is 12. The second kappa shape index (κ2) is 15.6. The van der Waals surface area contributed by atoms with Crippen LogP contribution < -0.4 is 15.4 Å². The number of aliphatic hydroxyl groups is 5. The van der Waals surface area contributed by atoms with Gasteiger partial charge in [0.05, 0.1) is 24.5 Å². The maximum absolute atomic E-state index is 12.2. The molecule has 0 unspecified atom stereocenters.